The van der Waals surface area contributed by atoms with E-state index < -0.39 is 17.0 Å². The molecule has 0 amide bonds. The molecule has 3 N–H and O–H groups in total. The van der Waals surface area contributed by atoms with Gasteiger partial charge in [0.15, 0.2) is 0 Å². The minimum Gasteiger partial charge on any atom is -0.491 e. The van der Waals surface area contributed by atoms with Gasteiger partial charge >= 0.3 is 0 Å². The van der Waals surface area contributed by atoms with Gasteiger partial charge in [-0.25, -0.2) is 0 Å². The Morgan fingerprint density at radius 2 is 1.85 bits per heavy atom. The molecule has 7 nitrogen and oxygen atoms in total. The Morgan fingerprint density at radius 1 is 1.12 bits per heavy atom. The number of aliphatic hydroxyl groups is 1. The molecule has 0 aliphatic rings. The number of ether oxygens (including phenoxy) is 1. The van der Waals surface area contributed by atoms with Gasteiger partial charge in [-0.05, 0) is 36.4 Å². The van der Waals surface area contributed by atoms with Crippen LogP contribution in [0, 0.1) is 0 Å². The van der Waals surface area contributed by atoms with E-state index in [4.69, 9.17) is 4.74 Å². The van der Waals surface area contributed by atoms with Crippen molar-refractivity contribution in [3.05, 3.63) is 54.6 Å². The molecule has 0 saturated heterocycles. The molecule has 2 aromatic rings. The topological polar surface area (TPSA) is 92.2 Å². The molecule has 1 unspecified atom stereocenters. The number of anilines is 1. The smallest absolute Gasteiger partial charge is 0.119 e. The molecule has 0 fully saturated rings. The van der Waals surface area contributed by atoms with Crippen LogP contribution in [0.5, 0.6) is 5.75 Å². The van der Waals surface area contributed by atoms with Gasteiger partial charge in [0.2, 0.25) is 0 Å². The SMILES string of the molecule is CO[S-](=O)=Nc1ccc(OCC(O)CNCCNc2ccccc2)cc1. The molecule has 1 atom stereocenters. The predicted molar refractivity (Wildman–Crippen MR) is 103 cm³/mol. The van der Waals surface area contributed by atoms with Crippen LogP contribution in [0.2, 0.25) is 0 Å². The average Bonchev–Trinajstić information content (AvgIpc) is 2.68. The standard InChI is InChI=1S/C18H24N3O4S/c1-24-26(23)21-16-7-9-18(10-8-16)25-14-17(22)13-19-11-12-20-15-5-3-2-4-6-15/h2-10,17,19-20,22H,11-14H2,1H3/q-1. The van der Waals surface area contributed by atoms with Gasteiger partial charge in [-0.3, -0.25) is 0 Å². The molecule has 0 aromatic heterocycles. The molecule has 0 aliphatic carbocycles. The normalized spacial score (nSPS) is 13.3. The first-order chi connectivity index (χ1) is 12.7. The summed E-state index contributed by atoms with van der Waals surface area (Å²) in [6.07, 6.45) is -0.614. The van der Waals surface area contributed by atoms with E-state index in [1.54, 1.807) is 24.3 Å². The highest BCUT2D eigenvalue weighted by Gasteiger charge is 2.04. The van der Waals surface area contributed by atoms with Crippen LogP contribution in [0.3, 0.4) is 0 Å². The fourth-order valence-corrected chi connectivity index (χ4v) is 2.47. The summed E-state index contributed by atoms with van der Waals surface area (Å²) in [5, 5.41) is 16.4. The molecular formula is C18H24N3O4S-. The highest BCUT2D eigenvalue weighted by Crippen LogP contribution is 2.18. The lowest BCUT2D eigenvalue weighted by Crippen LogP contribution is -2.34. The number of aliphatic hydroxyl groups excluding tert-OH is 1. The van der Waals surface area contributed by atoms with Crippen LogP contribution < -0.4 is 15.4 Å². The third kappa shape index (κ3) is 7.83. The summed E-state index contributed by atoms with van der Waals surface area (Å²) in [5.74, 6) is 0.608. The van der Waals surface area contributed by atoms with E-state index in [9.17, 15) is 9.32 Å². The fraction of sp³-hybridized carbons (Fsp3) is 0.333. The molecule has 2 rings (SSSR count). The highest BCUT2D eigenvalue weighted by atomic mass is 32.2. The number of benzene rings is 2. The van der Waals surface area contributed by atoms with E-state index in [2.05, 4.69) is 19.2 Å². The van der Waals surface area contributed by atoms with Gasteiger partial charge in [-0.15, -0.1) is 0 Å². The van der Waals surface area contributed by atoms with Crippen molar-refractivity contribution >= 4 is 22.3 Å². The summed E-state index contributed by atoms with van der Waals surface area (Å²) in [7, 11) is -0.359. The van der Waals surface area contributed by atoms with Gasteiger partial charge in [0.25, 0.3) is 0 Å². The first-order valence-electron chi connectivity index (χ1n) is 8.26. The molecule has 0 heterocycles. The Bertz CT molecular complexity index is 719. The third-order valence-corrected chi connectivity index (χ3v) is 4.03. The zero-order chi connectivity index (χ0) is 18.6. The lowest BCUT2D eigenvalue weighted by molar-refractivity contribution is 0.107. The van der Waals surface area contributed by atoms with Gasteiger partial charge in [-0.2, -0.15) is 0 Å². The minimum atomic E-state index is -1.68. The largest absolute Gasteiger partial charge is 0.491 e. The molecular weight excluding hydrogens is 354 g/mol. The van der Waals surface area contributed by atoms with Crippen molar-refractivity contribution in [1.29, 1.82) is 0 Å². The van der Waals surface area contributed by atoms with Crippen LogP contribution in [0.1, 0.15) is 0 Å². The second kappa shape index (κ2) is 11.5. The fourth-order valence-electron chi connectivity index (χ4n) is 2.10. The van der Waals surface area contributed by atoms with Crippen LogP contribution in [0.25, 0.3) is 0 Å². The molecule has 26 heavy (non-hydrogen) atoms. The molecule has 0 bridgehead atoms. The lowest BCUT2D eigenvalue weighted by Gasteiger charge is -2.14. The quantitative estimate of drug-likeness (QED) is 0.411. The summed E-state index contributed by atoms with van der Waals surface area (Å²) in [6, 6.07) is 16.7. The first-order valence-corrected chi connectivity index (χ1v) is 9.29. The summed E-state index contributed by atoms with van der Waals surface area (Å²) < 4.78 is 25.1. The van der Waals surface area contributed by atoms with Crippen molar-refractivity contribution in [2.75, 3.05) is 38.7 Å². The zero-order valence-electron chi connectivity index (χ0n) is 14.6. The van der Waals surface area contributed by atoms with Gasteiger partial charge in [0.1, 0.15) is 18.5 Å². The van der Waals surface area contributed by atoms with Crippen molar-refractivity contribution in [3.8, 4) is 5.75 Å². The zero-order valence-corrected chi connectivity index (χ0v) is 15.4. The van der Waals surface area contributed by atoms with Crippen LogP contribution in [-0.4, -0.2) is 44.6 Å². The maximum atomic E-state index is 11.2. The van der Waals surface area contributed by atoms with Gasteiger partial charge in [0, 0.05) is 38.1 Å². The van der Waals surface area contributed by atoms with Crippen molar-refractivity contribution in [2.24, 2.45) is 4.36 Å². The van der Waals surface area contributed by atoms with Gasteiger partial charge in [0.05, 0.1) is 0 Å². The number of nitrogens with one attached hydrogen (secondary N) is 2. The number of hydrogen-bond acceptors (Lipinski definition) is 8. The third-order valence-electron chi connectivity index (χ3n) is 3.39. The van der Waals surface area contributed by atoms with E-state index in [0.29, 0.717) is 18.0 Å². The second-order valence-corrected chi connectivity index (χ2v) is 6.38. The highest BCUT2D eigenvalue weighted by molar-refractivity contribution is 7.69. The summed E-state index contributed by atoms with van der Waals surface area (Å²) in [4.78, 5) is 0. The monoisotopic (exact) mass is 378 g/mol. The number of para-hydroxylation sites is 1. The van der Waals surface area contributed by atoms with Crippen LogP contribution in [0.15, 0.2) is 59.0 Å². The van der Waals surface area contributed by atoms with E-state index in [1.807, 2.05) is 30.3 Å². The number of nitrogens with zero attached hydrogens (tertiary/aromatic N) is 1. The summed E-state index contributed by atoms with van der Waals surface area (Å²) in [5.41, 5.74) is 1.60. The molecule has 2 aromatic carbocycles. The van der Waals surface area contributed by atoms with Crippen LogP contribution in [0.4, 0.5) is 11.4 Å². The molecule has 142 valence electrons. The van der Waals surface area contributed by atoms with E-state index in [1.165, 1.54) is 7.11 Å². The van der Waals surface area contributed by atoms with Crippen molar-refractivity contribution in [2.45, 2.75) is 6.10 Å². The minimum absolute atomic E-state index is 0.180. The van der Waals surface area contributed by atoms with Gasteiger partial charge in [-0.1, -0.05) is 29.1 Å². The maximum Gasteiger partial charge on any atom is 0.119 e. The molecule has 0 radical (unpaired) electrons. The Hall–Kier alpha value is -2.13. The Labute approximate surface area is 155 Å². The van der Waals surface area contributed by atoms with Crippen LogP contribution in [-0.2, 0) is 19.3 Å². The Kier molecular flexibility index (Phi) is 8.91. The molecule has 0 aliphatic heterocycles. The Balaban J connectivity index is 1.61. The Morgan fingerprint density at radius 3 is 2.54 bits per heavy atom. The number of rotatable bonds is 11. The molecule has 0 saturated carbocycles. The molecule has 0 spiro atoms. The number of hydrogen-bond donors (Lipinski definition) is 3. The summed E-state index contributed by atoms with van der Waals surface area (Å²) >= 11 is 0. The van der Waals surface area contributed by atoms with Crippen molar-refractivity contribution < 1.29 is 18.2 Å². The molecule has 8 heteroatoms. The van der Waals surface area contributed by atoms with Crippen molar-refractivity contribution in [3.63, 3.8) is 0 Å². The van der Waals surface area contributed by atoms with Crippen LogP contribution >= 0.6 is 0 Å². The lowest BCUT2D eigenvalue weighted by atomic mass is 10.3. The van der Waals surface area contributed by atoms with E-state index in [-0.39, 0.29) is 6.61 Å². The van der Waals surface area contributed by atoms with Gasteiger partial charge < -0.3 is 33.2 Å². The predicted octanol–water partition coefficient (Wildman–Crippen LogP) is 2.47. The second-order valence-electron chi connectivity index (χ2n) is 5.43. The van der Waals surface area contributed by atoms with Crippen molar-refractivity contribution in [1.82, 2.24) is 5.32 Å². The summed E-state index contributed by atoms with van der Waals surface area (Å²) in [6.45, 7) is 2.13. The first kappa shape index (κ1) is 20.2. The van der Waals surface area contributed by atoms with E-state index in [0.717, 1.165) is 18.8 Å². The van der Waals surface area contributed by atoms with E-state index >= 15 is 0 Å². The average molecular weight is 378 g/mol. The maximum absolute atomic E-state index is 11.2.